The first-order valence-corrected chi connectivity index (χ1v) is 6.65. The zero-order chi connectivity index (χ0) is 14.7. The normalized spacial score (nSPS) is 20.9. The molecule has 7 heteroatoms. The topological polar surface area (TPSA) is 105 Å². The van der Waals surface area contributed by atoms with E-state index < -0.39 is 4.92 Å². The second kappa shape index (κ2) is 6.17. The zero-order valence-corrected chi connectivity index (χ0v) is 11.5. The molecule has 1 fully saturated rings. The molecule has 0 bridgehead atoms. The standard InChI is InChI=1S/C13H20N4O3/c1-9(18)11-4-5-16(8-11)7-10-2-3-12(15-14)13(6-10)17(19)20/h2-3,6,9,11,15,18H,4-5,7-8,14H2,1H3. The Hall–Kier alpha value is -1.70. The first-order valence-electron chi connectivity index (χ1n) is 6.65. The summed E-state index contributed by atoms with van der Waals surface area (Å²) in [6.07, 6.45) is 0.653. The van der Waals surface area contributed by atoms with Crippen LogP contribution in [-0.4, -0.2) is 34.1 Å². The molecule has 2 atom stereocenters. The molecule has 1 aliphatic rings. The number of nitrogens with two attached hydrogens (primary N) is 1. The largest absolute Gasteiger partial charge is 0.393 e. The van der Waals surface area contributed by atoms with E-state index in [9.17, 15) is 15.2 Å². The summed E-state index contributed by atoms with van der Waals surface area (Å²) < 4.78 is 0. The number of benzene rings is 1. The van der Waals surface area contributed by atoms with Gasteiger partial charge in [0.1, 0.15) is 5.69 Å². The van der Waals surface area contributed by atoms with E-state index in [-0.39, 0.29) is 17.7 Å². The van der Waals surface area contributed by atoms with Crippen molar-refractivity contribution in [3.63, 3.8) is 0 Å². The Balaban J connectivity index is 2.07. The molecule has 0 amide bonds. The van der Waals surface area contributed by atoms with Gasteiger partial charge in [0.25, 0.3) is 5.69 Å². The summed E-state index contributed by atoms with van der Waals surface area (Å²) in [7, 11) is 0. The first-order chi connectivity index (χ1) is 9.51. The number of aliphatic hydroxyl groups excluding tert-OH is 1. The summed E-state index contributed by atoms with van der Waals surface area (Å²) in [5, 5.41) is 20.6. The number of nitrogen functional groups attached to an aromatic ring is 1. The molecule has 20 heavy (non-hydrogen) atoms. The third kappa shape index (κ3) is 3.24. The van der Waals surface area contributed by atoms with Gasteiger partial charge in [-0.2, -0.15) is 0 Å². The summed E-state index contributed by atoms with van der Waals surface area (Å²) in [5.41, 5.74) is 3.50. The number of nitrogens with zero attached hydrogens (tertiary/aromatic N) is 2. The fraction of sp³-hybridized carbons (Fsp3) is 0.538. The molecule has 0 spiro atoms. The maximum absolute atomic E-state index is 11.0. The van der Waals surface area contributed by atoms with Gasteiger partial charge in [-0.1, -0.05) is 6.07 Å². The van der Waals surface area contributed by atoms with Gasteiger partial charge < -0.3 is 10.5 Å². The van der Waals surface area contributed by atoms with Gasteiger partial charge >= 0.3 is 0 Å². The second-order valence-electron chi connectivity index (χ2n) is 5.28. The highest BCUT2D eigenvalue weighted by atomic mass is 16.6. The van der Waals surface area contributed by atoms with Crippen LogP contribution in [0.5, 0.6) is 0 Å². The van der Waals surface area contributed by atoms with E-state index in [1.54, 1.807) is 19.1 Å². The van der Waals surface area contributed by atoms with Crippen LogP contribution in [0.2, 0.25) is 0 Å². The first kappa shape index (κ1) is 14.7. The van der Waals surface area contributed by atoms with Crippen molar-refractivity contribution in [2.75, 3.05) is 18.5 Å². The van der Waals surface area contributed by atoms with Crippen molar-refractivity contribution in [1.82, 2.24) is 4.90 Å². The van der Waals surface area contributed by atoms with Gasteiger partial charge in [-0.05, 0) is 37.4 Å². The monoisotopic (exact) mass is 280 g/mol. The highest BCUT2D eigenvalue weighted by Gasteiger charge is 2.26. The van der Waals surface area contributed by atoms with Crippen molar-refractivity contribution in [1.29, 1.82) is 0 Å². The Morgan fingerprint density at radius 3 is 2.95 bits per heavy atom. The molecule has 1 aromatic carbocycles. The molecule has 4 N–H and O–H groups in total. The number of hydrazine groups is 1. The molecule has 1 heterocycles. The average molecular weight is 280 g/mol. The molecule has 1 saturated heterocycles. The van der Waals surface area contributed by atoms with Crippen LogP contribution in [0.4, 0.5) is 11.4 Å². The molecule has 110 valence electrons. The molecule has 0 radical (unpaired) electrons. The molecule has 1 aromatic rings. The number of nitrogens with one attached hydrogen (secondary N) is 1. The third-order valence-corrected chi connectivity index (χ3v) is 3.81. The minimum absolute atomic E-state index is 0.0173. The van der Waals surface area contributed by atoms with Gasteiger partial charge in [0, 0.05) is 19.2 Å². The van der Waals surface area contributed by atoms with Crippen LogP contribution >= 0.6 is 0 Å². The number of likely N-dealkylation sites (tertiary alicyclic amines) is 1. The number of rotatable bonds is 5. The van der Waals surface area contributed by atoms with Crippen molar-refractivity contribution < 1.29 is 10.0 Å². The van der Waals surface area contributed by atoms with Gasteiger partial charge in [0.05, 0.1) is 11.0 Å². The lowest BCUT2D eigenvalue weighted by atomic mass is 10.0. The molecule has 0 aliphatic carbocycles. The number of hydrogen-bond acceptors (Lipinski definition) is 6. The molecule has 7 nitrogen and oxygen atoms in total. The van der Waals surface area contributed by atoms with E-state index >= 15 is 0 Å². The van der Waals surface area contributed by atoms with E-state index in [1.807, 2.05) is 6.07 Å². The van der Waals surface area contributed by atoms with Crippen LogP contribution in [0.25, 0.3) is 0 Å². The lowest BCUT2D eigenvalue weighted by molar-refractivity contribution is -0.384. The number of hydrogen-bond donors (Lipinski definition) is 3. The number of nitro groups is 1. The SMILES string of the molecule is CC(O)C1CCN(Cc2ccc(NN)c([N+](=O)[O-])c2)C1. The molecule has 2 rings (SSSR count). The fourth-order valence-corrected chi connectivity index (χ4v) is 2.61. The molecule has 2 unspecified atom stereocenters. The van der Waals surface area contributed by atoms with Crippen LogP contribution in [0.15, 0.2) is 18.2 Å². The van der Waals surface area contributed by atoms with Gasteiger partial charge in [-0.25, -0.2) is 0 Å². The molecular weight excluding hydrogens is 260 g/mol. The summed E-state index contributed by atoms with van der Waals surface area (Å²) in [6, 6.07) is 5.00. The second-order valence-corrected chi connectivity index (χ2v) is 5.28. The summed E-state index contributed by atoms with van der Waals surface area (Å²) in [4.78, 5) is 12.7. The van der Waals surface area contributed by atoms with Crippen LogP contribution < -0.4 is 11.3 Å². The molecular formula is C13H20N4O3. The Kier molecular flexibility index (Phi) is 4.53. The predicted octanol–water partition coefficient (Wildman–Crippen LogP) is 1.08. The van der Waals surface area contributed by atoms with Crippen molar-refractivity contribution in [2.24, 2.45) is 11.8 Å². The summed E-state index contributed by atoms with van der Waals surface area (Å²) in [6.45, 7) is 4.18. The van der Waals surface area contributed by atoms with E-state index in [4.69, 9.17) is 5.84 Å². The van der Waals surface area contributed by atoms with Crippen molar-refractivity contribution in [3.8, 4) is 0 Å². The number of anilines is 1. The third-order valence-electron chi connectivity index (χ3n) is 3.81. The quantitative estimate of drug-likeness (QED) is 0.423. The smallest absolute Gasteiger partial charge is 0.293 e. The minimum Gasteiger partial charge on any atom is -0.393 e. The van der Waals surface area contributed by atoms with E-state index in [1.165, 1.54) is 0 Å². The van der Waals surface area contributed by atoms with Crippen LogP contribution in [0.3, 0.4) is 0 Å². The lowest BCUT2D eigenvalue weighted by Crippen LogP contribution is -2.24. The van der Waals surface area contributed by atoms with Gasteiger partial charge in [-0.3, -0.25) is 20.9 Å². The van der Waals surface area contributed by atoms with Crippen LogP contribution in [0.1, 0.15) is 18.9 Å². The lowest BCUT2D eigenvalue weighted by Gasteiger charge is -2.17. The maximum Gasteiger partial charge on any atom is 0.293 e. The van der Waals surface area contributed by atoms with Gasteiger partial charge in [0.2, 0.25) is 0 Å². The van der Waals surface area contributed by atoms with E-state index in [2.05, 4.69) is 10.3 Å². The van der Waals surface area contributed by atoms with E-state index in [0.717, 1.165) is 25.1 Å². The van der Waals surface area contributed by atoms with Crippen molar-refractivity contribution in [2.45, 2.75) is 26.0 Å². The Bertz CT molecular complexity index is 493. The highest BCUT2D eigenvalue weighted by molar-refractivity contribution is 5.61. The minimum atomic E-state index is -0.443. The predicted molar refractivity (Wildman–Crippen MR) is 76.0 cm³/mol. The van der Waals surface area contributed by atoms with Gasteiger partial charge in [-0.15, -0.1) is 0 Å². The molecule has 0 saturated carbocycles. The average Bonchev–Trinajstić information content (AvgIpc) is 2.87. The summed E-state index contributed by atoms with van der Waals surface area (Å²) in [5.74, 6) is 5.55. The maximum atomic E-state index is 11.0. The Labute approximate surface area is 117 Å². The summed E-state index contributed by atoms with van der Waals surface area (Å²) >= 11 is 0. The number of aliphatic hydroxyl groups is 1. The van der Waals surface area contributed by atoms with Crippen LogP contribution in [-0.2, 0) is 6.54 Å². The highest BCUT2D eigenvalue weighted by Crippen LogP contribution is 2.27. The Morgan fingerprint density at radius 1 is 1.65 bits per heavy atom. The van der Waals surface area contributed by atoms with Crippen LogP contribution in [0, 0.1) is 16.0 Å². The zero-order valence-electron chi connectivity index (χ0n) is 11.5. The van der Waals surface area contributed by atoms with Crippen molar-refractivity contribution >= 4 is 11.4 Å². The van der Waals surface area contributed by atoms with E-state index in [0.29, 0.717) is 12.2 Å². The fourth-order valence-electron chi connectivity index (χ4n) is 2.61. The molecule has 1 aliphatic heterocycles. The number of nitro benzene ring substituents is 1. The molecule has 0 aromatic heterocycles. The Morgan fingerprint density at radius 2 is 2.40 bits per heavy atom. The van der Waals surface area contributed by atoms with Gasteiger partial charge in [0.15, 0.2) is 0 Å². The van der Waals surface area contributed by atoms with Crippen molar-refractivity contribution in [3.05, 3.63) is 33.9 Å².